The van der Waals surface area contributed by atoms with E-state index in [1.807, 2.05) is 6.07 Å². The molecule has 0 fully saturated rings. The van der Waals surface area contributed by atoms with E-state index in [4.69, 9.17) is 14.2 Å². The van der Waals surface area contributed by atoms with E-state index in [1.165, 1.54) is 24.9 Å². The molecule has 0 aromatic heterocycles. The first-order chi connectivity index (χ1) is 11.6. The molecule has 124 valence electrons. The summed E-state index contributed by atoms with van der Waals surface area (Å²) in [5.41, 5.74) is 1.20. The van der Waals surface area contributed by atoms with Crippen molar-refractivity contribution in [1.82, 2.24) is 0 Å². The van der Waals surface area contributed by atoms with Gasteiger partial charge in [0.25, 0.3) is 0 Å². The topological polar surface area (TPSA) is 65.0 Å². The average Bonchev–Trinajstić information content (AvgIpc) is 2.93. The Balaban J connectivity index is 2.02. The fourth-order valence-corrected chi connectivity index (χ4v) is 3.59. The highest BCUT2D eigenvalue weighted by molar-refractivity contribution is 8.05. The number of carbonyl (C=O) groups excluding carboxylic acids is 1. The van der Waals surface area contributed by atoms with Gasteiger partial charge in [0.05, 0.1) is 36.7 Å². The number of hydrogen-bond acceptors (Lipinski definition) is 6. The van der Waals surface area contributed by atoms with E-state index in [1.54, 1.807) is 38.5 Å². The van der Waals surface area contributed by atoms with Crippen LogP contribution in [0.4, 0.5) is 0 Å². The van der Waals surface area contributed by atoms with Gasteiger partial charge in [-0.15, -0.1) is 0 Å². The van der Waals surface area contributed by atoms with Crippen LogP contribution in [0.3, 0.4) is 0 Å². The Morgan fingerprint density at radius 1 is 0.958 bits per heavy atom. The minimum atomic E-state index is -0.169. The van der Waals surface area contributed by atoms with Crippen LogP contribution in [0.25, 0.3) is 6.08 Å². The zero-order valence-electron chi connectivity index (χ0n) is 13.5. The monoisotopic (exact) mass is 344 g/mol. The second-order valence-electron chi connectivity index (χ2n) is 5.05. The van der Waals surface area contributed by atoms with Crippen molar-refractivity contribution in [2.24, 2.45) is 0 Å². The zero-order valence-corrected chi connectivity index (χ0v) is 14.3. The molecule has 1 aliphatic rings. The molecule has 0 spiro atoms. The smallest absolute Gasteiger partial charge is 0.204 e. The quantitative estimate of drug-likeness (QED) is 0.852. The third-order valence-corrected chi connectivity index (χ3v) is 4.83. The van der Waals surface area contributed by atoms with Crippen molar-refractivity contribution >= 4 is 23.6 Å². The Labute approximate surface area is 143 Å². The van der Waals surface area contributed by atoms with Crippen molar-refractivity contribution < 1.29 is 24.1 Å². The van der Waals surface area contributed by atoms with Crippen LogP contribution in [0.1, 0.15) is 15.9 Å². The second-order valence-corrected chi connectivity index (χ2v) is 6.10. The summed E-state index contributed by atoms with van der Waals surface area (Å²) < 4.78 is 15.7. The largest absolute Gasteiger partial charge is 0.507 e. The van der Waals surface area contributed by atoms with Crippen molar-refractivity contribution in [2.75, 3.05) is 21.3 Å². The van der Waals surface area contributed by atoms with Gasteiger partial charge in [-0.05, 0) is 35.9 Å². The summed E-state index contributed by atoms with van der Waals surface area (Å²) in [6, 6.07) is 8.52. The van der Waals surface area contributed by atoms with E-state index < -0.39 is 0 Å². The lowest BCUT2D eigenvalue weighted by atomic mass is 10.1. The molecule has 1 heterocycles. The van der Waals surface area contributed by atoms with Gasteiger partial charge in [0.2, 0.25) is 5.78 Å². The molecule has 1 aliphatic heterocycles. The minimum Gasteiger partial charge on any atom is -0.507 e. The van der Waals surface area contributed by atoms with Crippen LogP contribution < -0.4 is 14.2 Å². The highest BCUT2D eigenvalue weighted by Gasteiger charge is 2.32. The molecule has 0 atom stereocenters. The number of phenols is 1. The van der Waals surface area contributed by atoms with Crippen LogP contribution >= 0.6 is 11.8 Å². The molecule has 0 amide bonds. The molecule has 0 radical (unpaired) electrons. The van der Waals surface area contributed by atoms with Gasteiger partial charge in [0, 0.05) is 0 Å². The molecule has 24 heavy (non-hydrogen) atoms. The van der Waals surface area contributed by atoms with Crippen LogP contribution in [0.5, 0.6) is 23.0 Å². The lowest BCUT2D eigenvalue weighted by Crippen LogP contribution is -1.98. The fraction of sp³-hybridized carbons (Fsp3) is 0.167. The Morgan fingerprint density at radius 2 is 1.62 bits per heavy atom. The maximum absolute atomic E-state index is 12.7. The molecule has 5 nitrogen and oxygen atoms in total. The second kappa shape index (κ2) is 6.49. The highest BCUT2D eigenvalue weighted by Crippen LogP contribution is 2.49. The van der Waals surface area contributed by atoms with E-state index in [0.717, 1.165) is 5.56 Å². The molecule has 6 heteroatoms. The first-order valence-corrected chi connectivity index (χ1v) is 7.97. The first kappa shape index (κ1) is 16.3. The van der Waals surface area contributed by atoms with Crippen LogP contribution in [0, 0.1) is 0 Å². The minimum absolute atomic E-state index is 0.0693. The Morgan fingerprint density at radius 3 is 2.29 bits per heavy atom. The third-order valence-electron chi connectivity index (χ3n) is 3.69. The van der Waals surface area contributed by atoms with Crippen LogP contribution in [-0.4, -0.2) is 32.2 Å². The highest BCUT2D eigenvalue weighted by atomic mass is 32.2. The Bertz CT molecular complexity index is 842. The summed E-state index contributed by atoms with van der Waals surface area (Å²) in [5, 5.41) is 10.0. The predicted molar refractivity (Wildman–Crippen MR) is 92.4 cm³/mol. The number of ketones is 1. The number of allylic oxidation sites excluding steroid dienone is 1. The summed E-state index contributed by atoms with van der Waals surface area (Å²) >= 11 is 1.23. The van der Waals surface area contributed by atoms with E-state index in [-0.39, 0.29) is 11.5 Å². The summed E-state index contributed by atoms with van der Waals surface area (Å²) in [6.07, 6.45) is 1.76. The summed E-state index contributed by atoms with van der Waals surface area (Å²) in [5.74, 6) is 1.56. The zero-order chi connectivity index (χ0) is 17.3. The average molecular weight is 344 g/mol. The molecular weight excluding hydrogens is 328 g/mol. The van der Waals surface area contributed by atoms with Gasteiger partial charge in [0.15, 0.2) is 11.5 Å². The summed E-state index contributed by atoms with van der Waals surface area (Å²) in [6.45, 7) is 0. The standard InChI is InChI=1S/C18H16O5S/c1-21-12-6-4-10(8-14(12)23-3)9-15-17(20)16-13(22-2)7-5-11(19)18(16)24-15/h4-9,19H,1-3H3/b15-9-. The maximum atomic E-state index is 12.7. The van der Waals surface area contributed by atoms with Gasteiger partial charge < -0.3 is 19.3 Å². The normalized spacial score (nSPS) is 14.6. The predicted octanol–water partition coefficient (Wildman–Crippen LogP) is 3.75. The molecular formula is C18H16O5S. The van der Waals surface area contributed by atoms with Crippen molar-refractivity contribution in [3.05, 3.63) is 46.4 Å². The van der Waals surface area contributed by atoms with E-state index >= 15 is 0 Å². The van der Waals surface area contributed by atoms with Gasteiger partial charge in [0.1, 0.15) is 11.5 Å². The fourth-order valence-electron chi connectivity index (χ4n) is 2.51. The van der Waals surface area contributed by atoms with Crippen LogP contribution in [0.2, 0.25) is 0 Å². The van der Waals surface area contributed by atoms with Crippen LogP contribution in [0.15, 0.2) is 40.1 Å². The van der Waals surface area contributed by atoms with E-state index in [2.05, 4.69) is 0 Å². The summed E-state index contributed by atoms with van der Waals surface area (Å²) in [4.78, 5) is 13.7. The lowest BCUT2D eigenvalue weighted by molar-refractivity contribution is 0.104. The number of methoxy groups -OCH3 is 3. The molecule has 0 bridgehead atoms. The van der Waals surface area contributed by atoms with Crippen molar-refractivity contribution in [3.63, 3.8) is 0 Å². The number of aromatic hydroxyl groups is 1. The molecule has 3 rings (SSSR count). The van der Waals surface area contributed by atoms with Crippen molar-refractivity contribution in [1.29, 1.82) is 0 Å². The molecule has 1 N–H and O–H groups in total. The third kappa shape index (κ3) is 2.69. The van der Waals surface area contributed by atoms with E-state index in [0.29, 0.717) is 32.6 Å². The molecule has 0 unspecified atom stereocenters. The number of fused-ring (bicyclic) bond motifs is 1. The van der Waals surface area contributed by atoms with Crippen molar-refractivity contribution in [3.8, 4) is 23.0 Å². The lowest BCUT2D eigenvalue weighted by Gasteiger charge is -2.08. The van der Waals surface area contributed by atoms with Gasteiger partial charge in [-0.25, -0.2) is 0 Å². The summed E-state index contributed by atoms with van der Waals surface area (Å²) in [7, 11) is 4.63. The van der Waals surface area contributed by atoms with Gasteiger partial charge in [-0.3, -0.25) is 4.79 Å². The number of Topliss-reactive ketones (excluding diaryl/α,β-unsaturated/α-hetero) is 1. The number of thioether (sulfide) groups is 1. The van der Waals surface area contributed by atoms with E-state index in [9.17, 15) is 9.90 Å². The molecule has 0 saturated heterocycles. The number of ether oxygens (including phenoxy) is 3. The molecule has 2 aromatic rings. The van der Waals surface area contributed by atoms with Gasteiger partial charge in [-0.1, -0.05) is 17.8 Å². The molecule has 0 aliphatic carbocycles. The number of rotatable bonds is 4. The first-order valence-electron chi connectivity index (χ1n) is 7.15. The SMILES string of the molecule is COc1ccc(/C=C2\Sc3c(O)ccc(OC)c3C2=O)cc1OC. The Kier molecular flexibility index (Phi) is 4.40. The number of hydrogen-bond donors (Lipinski definition) is 1. The molecule has 0 saturated carbocycles. The van der Waals surface area contributed by atoms with Crippen molar-refractivity contribution in [2.45, 2.75) is 4.90 Å². The number of phenolic OH excluding ortho intramolecular Hbond substituents is 1. The number of benzene rings is 2. The maximum Gasteiger partial charge on any atom is 0.204 e. The van der Waals surface area contributed by atoms with Gasteiger partial charge in [-0.2, -0.15) is 0 Å². The Hall–Kier alpha value is -2.60. The molecule has 2 aromatic carbocycles. The van der Waals surface area contributed by atoms with Crippen LogP contribution in [-0.2, 0) is 0 Å². The van der Waals surface area contributed by atoms with Gasteiger partial charge >= 0.3 is 0 Å². The number of carbonyl (C=O) groups is 1.